The lowest BCUT2D eigenvalue weighted by Crippen LogP contribution is -2.40. The Kier molecular flexibility index (Phi) is 5.27. The highest BCUT2D eigenvalue weighted by Gasteiger charge is 2.49. The number of hydrogen-bond acceptors (Lipinski definition) is 5. The largest absolute Gasteiger partial charge is 0.338 e. The summed E-state index contributed by atoms with van der Waals surface area (Å²) in [6.07, 6.45) is 1.53. The standard InChI is InChI=1S/C23H22ClFN6O3/c1-11-3-4-14(8-15(11)24)27-21(33)19-12(2)18(16-7-13(25)10-31(16)19)20(32)22(34)28-23(5-6-23)17-9-26-30-29-17/h3-4,8-9,13H,5-7,10H2,1-2H3,(H,27,33)(H,28,34)(H,26,29,30)/t13-/m1/s1. The topological polar surface area (TPSA) is 122 Å². The summed E-state index contributed by atoms with van der Waals surface area (Å²) in [4.78, 5) is 39.3. The average molecular weight is 485 g/mol. The molecule has 2 aromatic heterocycles. The molecule has 1 saturated carbocycles. The summed E-state index contributed by atoms with van der Waals surface area (Å²) in [6.45, 7) is 3.38. The molecule has 0 unspecified atom stereocenters. The van der Waals surface area contributed by atoms with Crippen molar-refractivity contribution in [1.82, 2.24) is 25.3 Å². The van der Waals surface area contributed by atoms with Crippen molar-refractivity contribution in [3.05, 3.63) is 63.2 Å². The molecule has 11 heteroatoms. The smallest absolute Gasteiger partial charge is 0.293 e. The molecule has 1 fully saturated rings. The highest BCUT2D eigenvalue weighted by atomic mass is 35.5. The zero-order valence-electron chi connectivity index (χ0n) is 18.5. The maximum absolute atomic E-state index is 14.4. The molecule has 3 heterocycles. The summed E-state index contributed by atoms with van der Waals surface area (Å²) in [5.41, 5.74) is 2.06. The molecule has 1 aliphatic carbocycles. The number of carbonyl (C=O) groups is 3. The maximum atomic E-state index is 14.4. The molecule has 2 amide bonds. The first-order chi connectivity index (χ1) is 16.2. The quantitative estimate of drug-likeness (QED) is 0.367. The molecular formula is C23H22ClFN6O3. The molecule has 0 radical (unpaired) electrons. The van der Waals surface area contributed by atoms with Crippen molar-refractivity contribution < 1.29 is 18.8 Å². The number of Topliss-reactive ketones (excluding diaryl/α,β-unsaturated/α-hetero) is 1. The van der Waals surface area contributed by atoms with Crippen LogP contribution in [0.25, 0.3) is 0 Å². The molecule has 0 spiro atoms. The first kappa shape index (κ1) is 22.3. The van der Waals surface area contributed by atoms with Crippen molar-refractivity contribution in [1.29, 1.82) is 0 Å². The molecule has 176 valence electrons. The number of fused-ring (bicyclic) bond motifs is 1. The molecule has 5 rings (SSSR count). The summed E-state index contributed by atoms with van der Waals surface area (Å²) >= 11 is 6.16. The van der Waals surface area contributed by atoms with Gasteiger partial charge in [-0.2, -0.15) is 0 Å². The van der Waals surface area contributed by atoms with Gasteiger partial charge in [0.15, 0.2) is 0 Å². The fourth-order valence-electron chi connectivity index (χ4n) is 4.54. The van der Waals surface area contributed by atoms with Gasteiger partial charge in [-0.25, -0.2) is 4.39 Å². The number of aromatic amines is 1. The Bertz CT molecular complexity index is 1330. The van der Waals surface area contributed by atoms with E-state index in [0.29, 0.717) is 40.5 Å². The molecule has 3 N–H and O–H groups in total. The summed E-state index contributed by atoms with van der Waals surface area (Å²) < 4.78 is 15.9. The predicted molar refractivity (Wildman–Crippen MR) is 122 cm³/mol. The van der Waals surface area contributed by atoms with Gasteiger partial charge in [0.05, 0.1) is 17.6 Å². The van der Waals surface area contributed by atoms with E-state index in [-0.39, 0.29) is 24.2 Å². The van der Waals surface area contributed by atoms with Crippen molar-refractivity contribution in [3.8, 4) is 0 Å². The number of hydrogen-bond donors (Lipinski definition) is 3. The summed E-state index contributed by atoms with van der Waals surface area (Å²) in [7, 11) is 0. The Hall–Kier alpha value is -3.53. The molecule has 2 aliphatic rings. The van der Waals surface area contributed by atoms with Gasteiger partial charge in [-0.1, -0.05) is 22.9 Å². The number of benzene rings is 1. The summed E-state index contributed by atoms with van der Waals surface area (Å²) in [5, 5.41) is 16.2. The third-order valence-corrected chi connectivity index (χ3v) is 6.91. The van der Waals surface area contributed by atoms with Crippen LogP contribution in [0.3, 0.4) is 0 Å². The van der Waals surface area contributed by atoms with Crippen molar-refractivity contribution in [2.24, 2.45) is 0 Å². The second kappa shape index (κ2) is 8.05. The minimum atomic E-state index is -1.25. The van der Waals surface area contributed by atoms with Gasteiger partial charge in [-0.15, -0.1) is 5.10 Å². The Labute approximate surface area is 199 Å². The number of amides is 2. The van der Waals surface area contributed by atoms with Gasteiger partial charge >= 0.3 is 0 Å². The first-order valence-electron chi connectivity index (χ1n) is 10.9. The number of aryl methyl sites for hydroxylation is 1. The number of alkyl halides is 1. The highest BCUT2D eigenvalue weighted by Crippen LogP contribution is 2.44. The number of anilines is 1. The monoisotopic (exact) mass is 484 g/mol. The van der Waals surface area contributed by atoms with Crippen LogP contribution in [-0.4, -0.2) is 43.7 Å². The van der Waals surface area contributed by atoms with Crippen LogP contribution in [0.15, 0.2) is 24.4 Å². The summed E-state index contributed by atoms with van der Waals surface area (Å²) in [6, 6.07) is 5.10. The van der Waals surface area contributed by atoms with Crippen molar-refractivity contribution >= 4 is 34.9 Å². The van der Waals surface area contributed by atoms with E-state index in [1.165, 1.54) is 4.57 Å². The van der Waals surface area contributed by atoms with Gasteiger partial charge in [-0.3, -0.25) is 19.5 Å². The third kappa shape index (κ3) is 3.67. The van der Waals surface area contributed by atoms with Gasteiger partial charge in [-0.05, 0) is 49.9 Å². The molecule has 1 aliphatic heterocycles. The number of carbonyl (C=O) groups excluding carboxylic acids is 3. The van der Waals surface area contributed by atoms with Crippen molar-refractivity contribution in [2.45, 2.75) is 51.4 Å². The van der Waals surface area contributed by atoms with E-state index in [2.05, 4.69) is 26.0 Å². The van der Waals surface area contributed by atoms with E-state index < -0.39 is 29.3 Å². The Morgan fingerprint density at radius 1 is 1.26 bits per heavy atom. The van der Waals surface area contributed by atoms with Crippen LogP contribution in [0.2, 0.25) is 5.02 Å². The first-order valence-corrected chi connectivity index (χ1v) is 11.3. The number of rotatable bonds is 6. The van der Waals surface area contributed by atoms with Crippen LogP contribution in [-0.2, 0) is 23.3 Å². The Morgan fingerprint density at radius 3 is 2.68 bits per heavy atom. The number of nitrogens with one attached hydrogen (secondary N) is 3. The second-order valence-corrected chi connectivity index (χ2v) is 9.26. The van der Waals surface area contributed by atoms with Gasteiger partial charge < -0.3 is 15.2 Å². The molecule has 9 nitrogen and oxygen atoms in total. The Balaban J connectivity index is 1.45. The second-order valence-electron chi connectivity index (χ2n) is 8.85. The SMILES string of the molecule is Cc1ccc(NC(=O)c2c(C)c(C(=O)C(=O)NC3(c4c[nH]nn4)CC3)c3n2C[C@H](F)C3)cc1Cl. The molecule has 1 aromatic carbocycles. The number of halogens is 2. The molecular weight excluding hydrogens is 463 g/mol. The molecule has 0 bridgehead atoms. The van der Waals surface area contributed by atoms with Crippen LogP contribution in [0, 0.1) is 13.8 Å². The zero-order chi connectivity index (χ0) is 24.2. The minimum absolute atomic E-state index is 0.0484. The number of aromatic nitrogens is 4. The van der Waals surface area contributed by atoms with Gasteiger partial charge in [0.1, 0.15) is 17.6 Å². The van der Waals surface area contributed by atoms with E-state index in [1.807, 2.05) is 6.92 Å². The van der Waals surface area contributed by atoms with E-state index in [0.717, 1.165) is 5.56 Å². The molecule has 1 atom stereocenters. The number of ketones is 1. The molecule has 34 heavy (non-hydrogen) atoms. The van der Waals surface area contributed by atoms with Gasteiger partial charge in [0.25, 0.3) is 17.6 Å². The van der Waals surface area contributed by atoms with Crippen LogP contribution in [0.4, 0.5) is 10.1 Å². The third-order valence-electron chi connectivity index (χ3n) is 6.50. The lowest BCUT2D eigenvalue weighted by atomic mass is 10.0. The maximum Gasteiger partial charge on any atom is 0.293 e. The number of H-pyrrole nitrogens is 1. The predicted octanol–water partition coefficient (Wildman–Crippen LogP) is 3.01. The minimum Gasteiger partial charge on any atom is -0.338 e. The van der Waals surface area contributed by atoms with Crippen LogP contribution < -0.4 is 10.6 Å². The lowest BCUT2D eigenvalue weighted by Gasteiger charge is -2.14. The van der Waals surface area contributed by atoms with Crippen LogP contribution >= 0.6 is 11.6 Å². The van der Waals surface area contributed by atoms with E-state index in [9.17, 15) is 18.8 Å². The molecule has 0 saturated heterocycles. The Morgan fingerprint density at radius 2 is 2.03 bits per heavy atom. The highest BCUT2D eigenvalue weighted by molar-refractivity contribution is 6.44. The van der Waals surface area contributed by atoms with E-state index >= 15 is 0 Å². The fraction of sp³-hybridized carbons (Fsp3) is 0.348. The lowest BCUT2D eigenvalue weighted by molar-refractivity contribution is -0.118. The van der Waals surface area contributed by atoms with Gasteiger partial charge in [0.2, 0.25) is 0 Å². The zero-order valence-corrected chi connectivity index (χ0v) is 19.3. The number of nitrogens with zero attached hydrogens (tertiary/aromatic N) is 3. The van der Waals surface area contributed by atoms with Crippen molar-refractivity contribution in [3.63, 3.8) is 0 Å². The van der Waals surface area contributed by atoms with E-state index in [4.69, 9.17) is 11.6 Å². The molecule has 3 aromatic rings. The normalized spacial score (nSPS) is 17.8. The average Bonchev–Trinajstić information content (AvgIpc) is 3.11. The van der Waals surface area contributed by atoms with Crippen LogP contribution in [0.5, 0.6) is 0 Å². The van der Waals surface area contributed by atoms with Crippen LogP contribution in [0.1, 0.15) is 56.2 Å². The van der Waals surface area contributed by atoms with E-state index in [1.54, 1.807) is 31.3 Å². The van der Waals surface area contributed by atoms with Gasteiger partial charge in [0, 0.05) is 29.0 Å². The summed E-state index contributed by atoms with van der Waals surface area (Å²) in [5.74, 6) is -2.13. The van der Waals surface area contributed by atoms with Crippen molar-refractivity contribution in [2.75, 3.05) is 5.32 Å². The fourth-order valence-corrected chi connectivity index (χ4v) is 4.72.